The smallest absolute Gasteiger partial charge is 0.338 e. The monoisotopic (exact) mass is 263 g/mol. The molecule has 2 rings (SSSR count). The van der Waals surface area contributed by atoms with Crippen LogP contribution in [-0.4, -0.2) is 5.97 Å². The molecule has 0 bridgehead atoms. The molecule has 0 aliphatic rings. The van der Waals surface area contributed by atoms with Crippen molar-refractivity contribution >= 4 is 11.7 Å². The maximum atomic E-state index is 13.3. The number of benzene rings is 2. The summed E-state index contributed by atoms with van der Waals surface area (Å²) in [5.41, 5.74) is 6.36. The van der Waals surface area contributed by atoms with Gasteiger partial charge in [0.25, 0.3) is 0 Å². The summed E-state index contributed by atoms with van der Waals surface area (Å²) in [6.07, 6.45) is 0. The maximum Gasteiger partial charge on any atom is 0.338 e. The molecule has 0 amide bonds. The number of hydrogen-bond acceptors (Lipinski definition) is 3. The Morgan fingerprint density at radius 2 is 1.95 bits per heavy atom. The molecule has 19 heavy (non-hydrogen) atoms. The Bertz CT molecular complexity index is 614. The highest BCUT2D eigenvalue weighted by molar-refractivity contribution is 5.90. The van der Waals surface area contributed by atoms with Gasteiger partial charge in [-0.05, 0) is 30.3 Å². The number of hydrogen-bond donors (Lipinski definition) is 1. The zero-order valence-corrected chi connectivity index (χ0v) is 9.90. The highest BCUT2D eigenvalue weighted by atomic mass is 19.1. The summed E-state index contributed by atoms with van der Waals surface area (Å²) in [6, 6.07) is 9.33. The molecule has 5 heteroatoms. The third-order valence-corrected chi connectivity index (χ3v) is 2.50. The number of carbonyl (C=O) groups excluding carboxylic acids is 1. The second kappa shape index (κ2) is 5.48. The average molecular weight is 263 g/mol. The molecule has 2 aromatic rings. The van der Waals surface area contributed by atoms with Crippen molar-refractivity contribution in [2.24, 2.45) is 0 Å². The molecule has 0 spiro atoms. The van der Waals surface area contributed by atoms with Gasteiger partial charge in [0.2, 0.25) is 0 Å². The molecule has 3 nitrogen and oxygen atoms in total. The molecule has 0 saturated carbocycles. The summed E-state index contributed by atoms with van der Waals surface area (Å²) in [5, 5.41) is 0. The Hall–Kier alpha value is -2.43. The Balaban J connectivity index is 2.04. The molecule has 2 N–H and O–H groups in total. The quantitative estimate of drug-likeness (QED) is 0.684. The lowest BCUT2D eigenvalue weighted by Gasteiger charge is -2.06. The van der Waals surface area contributed by atoms with Crippen molar-refractivity contribution in [3.8, 4) is 0 Å². The summed E-state index contributed by atoms with van der Waals surface area (Å²) in [4.78, 5) is 11.7. The van der Waals surface area contributed by atoms with Gasteiger partial charge in [0.05, 0.1) is 5.56 Å². The van der Waals surface area contributed by atoms with Crippen molar-refractivity contribution in [3.63, 3.8) is 0 Å². The van der Waals surface area contributed by atoms with Crippen molar-refractivity contribution in [1.29, 1.82) is 0 Å². The van der Waals surface area contributed by atoms with Gasteiger partial charge >= 0.3 is 5.97 Å². The van der Waals surface area contributed by atoms with Crippen LogP contribution in [0.25, 0.3) is 0 Å². The van der Waals surface area contributed by atoms with Gasteiger partial charge in [0.15, 0.2) is 0 Å². The van der Waals surface area contributed by atoms with Crippen LogP contribution in [0.2, 0.25) is 0 Å². The van der Waals surface area contributed by atoms with E-state index < -0.39 is 17.6 Å². The molecule has 0 aliphatic carbocycles. The number of nitrogens with two attached hydrogens (primary N) is 1. The molecule has 2 aromatic carbocycles. The molecule has 0 fully saturated rings. The van der Waals surface area contributed by atoms with Gasteiger partial charge in [-0.25, -0.2) is 13.6 Å². The molecular weight excluding hydrogens is 252 g/mol. The van der Waals surface area contributed by atoms with E-state index in [0.717, 1.165) is 12.1 Å². The van der Waals surface area contributed by atoms with Gasteiger partial charge in [0.1, 0.15) is 18.2 Å². The van der Waals surface area contributed by atoms with E-state index in [2.05, 4.69) is 0 Å². The van der Waals surface area contributed by atoms with Crippen molar-refractivity contribution < 1.29 is 18.3 Å². The van der Waals surface area contributed by atoms with Gasteiger partial charge < -0.3 is 10.5 Å². The minimum absolute atomic E-state index is 0.110. The number of anilines is 1. The zero-order chi connectivity index (χ0) is 13.8. The van der Waals surface area contributed by atoms with E-state index in [4.69, 9.17) is 10.5 Å². The van der Waals surface area contributed by atoms with Crippen LogP contribution in [0, 0.1) is 11.6 Å². The summed E-state index contributed by atoms with van der Waals surface area (Å²) in [5.74, 6) is -2.04. The number of ether oxygens (including phenoxy) is 1. The second-order valence-corrected chi connectivity index (χ2v) is 3.94. The second-order valence-electron chi connectivity index (χ2n) is 3.94. The van der Waals surface area contributed by atoms with Crippen LogP contribution in [0.5, 0.6) is 0 Å². The number of carbonyl (C=O) groups is 1. The molecule has 0 aromatic heterocycles. The Labute approximate surface area is 108 Å². The van der Waals surface area contributed by atoms with Crippen LogP contribution in [0.1, 0.15) is 15.9 Å². The topological polar surface area (TPSA) is 52.3 Å². The first-order chi connectivity index (χ1) is 9.06. The molecular formula is C14H11F2NO2. The maximum absolute atomic E-state index is 13.3. The van der Waals surface area contributed by atoms with Crippen LogP contribution in [0.4, 0.5) is 14.5 Å². The molecule has 0 unspecified atom stereocenters. The molecule has 0 saturated heterocycles. The Morgan fingerprint density at radius 3 is 2.63 bits per heavy atom. The molecule has 0 atom stereocenters. The Morgan fingerprint density at radius 1 is 1.16 bits per heavy atom. The van der Waals surface area contributed by atoms with E-state index in [1.54, 1.807) is 18.2 Å². The standard InChI is InChI=1S/C14H11F2NO2/c15-11-5-4-10(13(16)7-11)8-19-14(18)9-2-1-3-12(17)6-9/h1-7H,8,17H2. The van der Waals surface area contributed by atoms with Crippen molar-refractivity contribution in [1.82, 2.24) is 0 Å². The normalized spacial score (nSPS) is 10.2. The highest BCUT2D eigenvalue weighted by Crippen LogP contribution is 2.13. The van der Waals surface area contributed by atoms with E-state index in [9.17, 15) is 13.6 Å². The number of halogens is 2. The Kier molecular flexibility index (Phi) is 3.75. The van der Waals surface area contributed by atoms with Crippen LogP contribution in [0.3, 0.4) is 0 Å². The van der Waals surface area contributed by atoms with Crippen molar-refractivity contribution in [2.75, 3.05) is 5.73 Å². The van der Waals surface area contributed by atoms with E-state index in [1.165, 1.54) is 12.1 Å². The van der Waals surface area contributed by atoms with Crippen LogP contribution in [0.15, 0.2) is 42.5 Å². The zero-order valence-electron chi connectivity index (χ0n) is 9.90. The first kappa shape index (κ1) is 13.0. The summed E-state index contributed by atoms with van der Waals surface area (Å²) < 4.78 is 30.9. The van der Waals surface area contributed by atoms with E-state index in [-0.39, 0.29) is 17.7 Å². The lowest BCUT2D eigenvalue weighted by Crippen LogP contribution is -2.06. The first-order valence-corrected chi connectivity index (χ1v) is 5.53. The van der Waals surface area contributed by atoms with Crippen LogP contribution < -0.4 is 5.73 Å². The van der Waals surface area contributed by atoms with Crippen LogP contribution in [-0.2, 0) is 11.3 Å². The number of esters is 1. The van der Waals surface area contributed by atoms with Gasteiger partial charge in [-0.2, -0.15) is 0 Å². The summed E-state index contributed by atoms with van der Waals surface area (Å²) in [6.45, 7) is -0.264. The number of nitrogen functional groups attached to an aromatic ring is 1. The fourth-order valence-electron chi connectivity index (χ4n) is 1.53. The number of rotatable bonds is 3. The van der Waals surface area contributed by atoms with E-state index in [1.807, 2.05) is 0 Å². The first-order valence-electron chi connectivity index (χ1n) is 5.53. The summed E-state index contributed by atoms with van der Waals surface area (Å²) in [7, 11) is 0. The van der Waals surface area contributed by atoms with Gasteiger partial charge in [-0.15, -0.1) is 0 Å². The largest absolute Gasteiger partial charge is 0.457 e. The predicted molar refractivity (Wildman–Crippen MR) is 66.3 cm³/mol. The average Bonchev–Trinajstić information content (AvgIpc) is 2.37. The molecule has 98 valence electrons. The third-order valence-electron chi connectivity index (χ3n) is 2.50. The van der Waals surface area contributed by atoms with E-state index >= 15 is 0 Å². The van der Waals surface area contributed by atoms with Crippen LogP contribution >= 0.6 is 0 Å². The fourth-order valence-corrected chi connectivity index (χ4v) is 1.53. The lowest BCUT2D eigenvalue weighted by molar-refractivity contribution is 0.0469. The third kappa shape index (κ3) is 3.28. The van der Waals surface area contributed by atoms with Gasteiger partial charge in [-0.1, -0.05) is 6.07 Å². The van der Waals surface area contributed by atoms with Gasteiger partial charge in [0, 0.05) is 17.3 Å². The highest BCUT2D eigenvalue weighted by Gasteiger charge is 2.10. The molecule has 0 aliphatic heterocycles. The van der Waals surface area contributed by atoms with Crippen molar-refractivity contribution in [3.05, 3.63) is 65.2 Å². The molecule has 0 radical (unpaired) electrons. The molecule has 0 heterocycles. The van der Waals surface area contributed by atoms with Gasteiger partial charge in [-0.3, -0.25) is 0 Å². The summed E-state index contributed by atoms with van der Waals surface area (Å²) >= 11 is 0. The minimum Gasteiger partial charge on any atom is -0.457 e. The fraction of sp³-hybridized carbons (Fsp3) is 0.0714. The lowest BCUT2D eigenvalue weighted by atomic mass is 10.2. The minimum atomic E-state index is -0.750. The predicted octanol–water partition coefficient (Wildman–Crippen LogP) is 2.90. The van der Waals surface area contributed by atoms with E-state index in [0.29, 0.717) is 5.69 Å². The SMILES string of the molecule is Nc1cccc(C(=O)OCc2ccc(F)cc2F)c1. The van der Waals surface area contributed by atoms with Crippen molar-refractivity contribution in [2.45, 2.75) is 6.61 Å².